The van der Waals surface area contributed by atoms with Crippen molar-refractivity contribution in [3.05, 3.63) is 11.6 Å². The average Bonchev–Trinajstić information content (AvgIpc) is 2.09. The third-order valence-electron chi connectivity index (χ3n) is 1.79. The first-order valence-corrected chi connectivity index (χ1v) is 4.18. The average molecular weight is 159 g/mol. The second-order valence-corrected chi connectivity index (χ2v) is 2.86. The van der Waals surface area contributed by atoms with Crippen LogP contribution in [0.15, 0.2) is 11.6 Å². The molecule has 0 aromatic rings. The van der Waals surface area contributed by atoms with Gasteiger partial charge in [-0.2, -0.15) is 0 Å². The monoisotopic (exact) mass is 159 g/mol. The molecule has 1 nitrogen and oxygen atoms in total. The van der Waals surface area contributed by atoms with Crippen molar-refractivity contribution in [1.82, 2.24) is 0 Å². The van der Waals surface area contributed by atoms with E-state index in [4.69, 9.17) is 9.22 Å². The van der Waals surface area contributed by atoms with E-state index in [1.165, 1.54) is 5.57 Å². The largest absolute Gasteiger partial charge is 0.396 e. The van der Waals surface area contributed by atoms with Gasteiger partial charge in [-0.3, -0.25) is 0 Å². The Bertz CT molecular complexity index is 184. The minimum absolute atomic E-state index is 0.254. The summed E-state index contributed by atoms with van der Waals surface area (Å²) < 4.78 is 21.5. The molecular formula is C10H20O. The van der Waals surface area contributed by atoms with Crippen LogP contribution in [-0.2, 0) is 0 Å². The van der Waals surface area contributed by atoms with Gasteiger partial charge in [-0.25, -0.2) is 0 Å². The summed E-state index contributed by atoms with van der Waals surface area (Å²) in [5.74, 6) is -0.580. The first-order valence-electron chi connectivity index (χ1n) is 5.68. The van der Waals surface area contributed by atoms with Gasteiger partial charge in [0.1, 0.15) is 0 Å². The van der Waals surface area contributed by atoms with Gasteiger partial charge in [0.2, 0.25) is 0 Å². The zero-order chi connectivity index (χ0) is 11.2. The zero-order valence-electron chi connectivity index (χ0n) is 10.4. The molecule has 1 unspecified atom stereocenters. The first-order chi connectivity index (χ1) is 6.41. The van der Waals surface area contributed by atoms with E-state index in [0.29, 0.717) is 6.42 Å². The first kappa shape index (κ1) is 6.24. The van der Waals surface area contributed by atoms with E-state index < -0.39 is 12.8 Å². The molecule has 1 N–H and O–H groups in total. The Morgan fingerprint density at radius 2 is 2.45 bits per heavy atom. The van der Waals surface area contributed by atoms with Gasteiger partial charge < -0.3 is 5.11 Å². The summed E-state index contributed by atoms with van der Waals surface area (Å²) >= 11 is 0. The number of aliphatic hydroxyl groups is 1. The highest BCUT2D eigenvalue weighted by Crippen LogP contribution is 2.07. The lowest BCUT2D eigenvalue weighted by molar-refractivity contribution is 0.231. The molecule has 0 aliphatic heterocycles. The lowest BCUT2D eigenvalue weighted by Gasteiger charge is -2.04. The molecule has 0 aliphatic carbocycles. The predicted octanol–water partition coefficient (Wildman–Crippen LogP) is 2.75. The number of hydrogen-bond acceptors (Lipinski definition) is 1. The number of hydrogen-bond donors (Lipinski definition) is 1. The van der Waals surface area contributed by atoms with Crippen LogP contribution in [0.3, 0.4) is 0 Å². The van der Waals surface area contributed by atoms with Crippen molar-refractivity contribution in [2.24, 2.45) is 5.92 Å². The van der Waals surface area contributed by atoms with Crippen LogP contribution in [0.25, 0.3) is 0 Å². The zero-order valence-corrected chi connectivity index (χ0v) is 7.43. The summed E-state index contributed by atoms with van der Waals surface area (Å²) in [5.41, 5.74) is 1.27. The smallest absolute Gasteiger partial charge is 0.0456 e. The van der Waals surface area contributed by atoms with Crippen molar-refractivity contribution in [3.63, 3.8) is 0 Å². The third-order valence-corrected chi connectivity index (χ3v) is 1.79. The van der Waals surface area contributed by atoms with E-state index in [-0.39, 0.29) is 6.61 Å². The Hall–Kier alpha value is -0.300. The van der Waals surface area contributed by atoms with Crippen molar-refractivity contribution in [2.45, 2.75) is 40.0 Å². The summed E-state index contributed by atoms with van der Waals surface area (Å²) in [5, 5.41) is 8.90. The maximum atomic E-state index is 8.90. The van der Waals surface area contributed by atoms with Crippen LogP contribution in [0.5, 0.6) is 0 Å². The fourth-order valence-electron chi connectivity index (χ4n) is 0.767. The molecule has 0 aliphatic rings. The molecule has 0 heterocycles. The van der Waals surface area contributed by atoms with Crippen LogP contribution < -0.4 is 0 Å². The lowest BCUT2D eigenvalue weighted by atomic mass is 10.1. The summed E-state index contributed by atoms with van der Waals surface area (Å²) in [6.45, 7) is 1.82. The Balaban J connectivity index is 3.98. The Labute approximate surface area is 74.3 Å². The maximum absolute atomic E-state index is 8.90. The Morgan fingerprint density at radius 3 is 2.91 bits per heavy atom. The minimum atomic E-state index is -2.03. The van der Waals surface area contributed by atoms with Crippen LogP contribution in [-0.4, -0.2) is 11.7 Å². The van der Waals surface area contributed by atoms with Gasteiger partial charge in [-0.15, -0.1) is 0 Å². The normalized spacial score (nSPS) is 20.3. The highest BCUT2D eigenvalue weighted by molar-refractivity contribution is 4.96. The van der Waals surface area contributed by atoms with Crippen LogP contribution in [0, 0.1) is 5.92 Å². The molecule has 0 fully saturated rings. The molecule has 1 heteroatoms. The molecular weight excluding hydrogens is 136 g/mol. The van der Waals surface area contributed by atoms with E-state index in [9.17, 15) is 0 Å². The molecule has 0 aromatic heterocycles. The SMILES string of the molecule is [2H]C([2H])([2H])C(CO)CC/C=C(\C)CC. The van der Waals surface area contributed by atoms with Gasteiger partial charge in [0, 0.05) is 10.7 Å². The van der Waals surface area contributed by atoms with Crippen molar-refractivity contribution in [3.8, 4) is 0 Å². The highest BCUT2D eigenvalue weighted by Gasteiger charge is 1.96. The van der Waals surface area contributed by atoms with Crippen molar-refractivity contribution in [2.75, 3.05) is 6.61 Å². The fraction of sp³-hybridized carbons (Fsp3) is 0.800. The van der Waals surface area contributed by atoms with Crippen molar-refractivity contribution < 1.29 is 9.22 Å². The van der Waals surface area contributed by atoms with E-state index in [1.54, 1.807) is 0 Å². The molecule has 0 amide bonds. The van der Waals surface area contributed by atoms with Gasteiger partial charge in [0.05, 0.1) is 0 Å². The van der Waals surface area contributed by atoms with Crippen molar-refractivity contribution >= 4 is 0 Å². The highest BCUT2D eigenvalue weighted by atomic mass is 16.3. The summed E-state index contributed by atoms with van der Waals surface area (Å²) in [4.78, 5) is 0. The van der Waals surface area contributed by atoms with Crippen LogP contribution in [0.1, 0.15) is 44.1 Å². The number of rotatable bonds is 5. The summed E-state index contributed by atoms with van der Waals surface area (Å²) in [7, 11) is 0. The molecule has 0 saturated carbocycles. The Kier molecular flexibility index (Phi) is 3.64. The van der Waals surface area contributed by atoms with Crippen LogP contribution >= 0.6 is 0 Å². The van der Waals surface area contributed by atoms with Gasteiger partial charge in [0.15, 0.2) is 0 Å². The summed E-state index contributed by atoms with van der Waals surface area (Å²) in [6.07, 6.45) is 4.32. The molecule has 0 spiro atoms. The number of allylic oxidation sites excluding steroid dienone is 2. The van der Waals surface area contributed by atoms with E-state index in [1.807, 2.05) is 6.92 Å². The van der Waals surface area contributed by atoms with Gasteiger partial charge in [-0.05, 0) is 32.1 Å². The Morgan fingerprint density at radius 1 is 1.73 bits per heavy atom. The molecule has 0 rings (SSSR count). The second-order valence-electron chi connectivity index (χ2n) is 2.86. The summed E-state index contributed by atoms with van der Waals surface area (Å²) in [6, 6.07) is 0. The molecule has 0 saturated heterocycles. The molecule has 0 bridgehead atoms. The van der Waals surface area contributed by atoms with Crippen LogP contribution in [0.4, 0.5) is 0 Å². The molecule has 11 heavy (non-hydrogen) atoms. The van der Waals surface area contributed by atoms with E-state index in [2.05, 4.69) is 13.0 Å². The molecule has 66 valence electrons. The lowest BCUT2D eigenvalue weighted by Crippen LogP contribution is -1.98. The van der Waals surface area contributed by atoms with E-state index >= 15 is 0 Å². The maximum Gasteiger partial charge on any atom is 0.0456 e. The van der Waals surface area contributed by atoms with Crippen molar-refractivity contribution in [1.29, 1.82) is 0 Å². The minimum Gasteiger partial charge on any atom is -0.396 e. The van der Waals surface area contributed by atoms with Gasteiger partial charge in [-0.1, -0.05) is 25.4 Å². The molecule has 0 radical (unpaired) electrons. The standard InChI is InChI=1S/C10H20O/c1-4-9(2)6-5-7-10(3)8-11/h6,10-11H,4-5,7-8H2,1-3H3/b9-6+/i3D3. The number of aliphatic hydroxyl groups excluding tert-OH is 1. The quantitative estimate of drug-likeness (QED) is 0.611. The van der Waals surface area contributed by atoms with E-state index in [0.717, 1.165) is 12.8 Å². The predicted molar refractivity (Wildman–Crippen MR) is 49.5 cm³/mol. The third kappa shape index (κ3) is 6.11. The second kappa shape index (κ2) is 6.41. The van der Waals surface area contributed by atoms with Gasteiger partial charge in [0.25, 0.3) is 0 Å². The molecule has 0 aromatic carbocycles. The van der Waals surface area contributed by atoms with Crippen LogP contribution in [0.2, 0.25) is 0 Å². The topological polar surface area (TPSA) is 20.2 Å². The van der Waals surface area contributed by atoms with Gasteiger partial charge >= 0.3 is 0 Å². The fourth-order valence-corrected chi connectivity index (χ4v) is 0.767. The molecule has 1 atom stereocenters.